The van der Waals surface area contributed by atoms with E-state index in [1.165, 1.54) is 24.3 Å². The molecular weight excluding hydrogens is 300 g/mol. The van der Waals surface area contributed by atoms with Gasteiger partial charge in [-0.15, -0.1) is 0 Å². The van der Waals surface area contributed by atoms with Gasteiger partial charge in [0, 0.05) is 30.2 Å². The maximum Gasteiger partial charge on any atom is 0.269 e. The summed E-state index contributed by atoms with van der Waals surface area (Å²) in [6.45, 7) is 1.65. The molecule has 1 unspecified atom stereocenters. The van der Waals surface area contributed by atoms with Gasteiger partial charge in [0.15, 0.2) is 0 Å². The Labute approximate surface area is 131 Å². The van der Waals surface area contributed by atoms with Crippen molar-refractivity contribution in [1.29, 1.82) is 0 Å². The van der Waals surface area contributed by atoms with Crippen molar-refractivity contribution in [3.05, 3.63) is 78.9 Å². The number of aliphatic hydroxyl groups is 1. The van der Waals surface area contributed by atoms with Crippen LogP contribution in [0.15, 0.2) is 36.4 Å². The predicted molar refractivity (Wildman–Crippen MR) is 82.5 cm³/mol. The fraction of sp³-hybridized carbons (Fsp3) is 0.250. The third kappa shape index (κ3) is 2.55. The lowest BCUT2D eigenvalue weighted by Crippen LogP contribution is -2.23. The van der Waals surface area contributed by atoms with Crippen LogP contribution in [0.5, 0.6) is 0 Å². The molecule has 3 rings (SSSR count). The highest BCUT2D eigenvalue weighted by atomic mass is 16.6. The first-order valence-corrected chi connectivity index (χ1v) is 7.11. The second-order valence-electron chi connectivity index (χ2n) is 5.68. The van der Waals surface area contributed by atoms with Gasteiger partial charge >= 0.3 is 0 Å². The number of nitro groups is 2. The highest BCUT2D eigenvalue weighted by Crippen LogP contribution is 2.40. The molecule has 1 aliphatic rings. The fourth-order valence-corrected chi connectivity index (χ4v) is 3.22. The minimum absolute atomic E-state index is 0.0260. The molecule has 0 aromatic heterocycles. The van der Waals surface area contributed by atoms with E-state index < -0.39 is 16.0 Å². The van der Waals surface area contributed by atoms with E-state index in [9.17, 15) is 25.3 Å². The third-order valence-corrected chi connectivity index (χ3v) is 4.21. The molecule has 0 bridgehead atoms. The molecule has 0 heterocycles. The number of hydrogen-bond acceptors (Lipinski definition) is 5. The molecule has 1 atom stereocenters. The van der Waals surface area contributed by atoms with Gasteiger partial charge in [-0.05, 0) is 35.6 Å². The molecular formula is C16H14N2O5. The van der Waals surface area contributed by atoms with Gasteiger partial charge in [0.2, 0.25) is 0 Å². The van der Waals surface area contributed by atoms with Crippen LogP contribution >= 0.6 is 0 Å². The molecule has 0 saturated heterocycles. The van der Waals surface area contributed by atoms with Crippen molar-refractivity contribution in [3.63, 3.8) is 0 Å². The normalized spacial score (nSPS) is 14.7. The Balaban J connectivity index is 2.17. The average Bonchev–Trinajstić information content (AvgIpc) is 2.50. The third-order valence-electron chi connectivity index (χ3n) is 4.21. The maximum atomic E-state index is 11.0. The van der Waals surface area contributed by atoms with Gasteiger partial charge in [-0.25, -0.2) is 0 Å². The Bertz CT molecular complexity index is 753. The van der Waals surface area contributed by atoms with Crippen LogP contribution in [-0.2, 0) is 6.42 Å². The standard InChI is InChI=1S/C16H14N2O5/c1-9(19)16-14-4-2-12(17(20)21)7-10(14)6-11-8-13(18(22)23)3-5-15(11)16/h2-5,7-9,16,19H,6H2,1H3. The van der Waals surface area contributed by atoms with Crippen LogP contribution in [0.1, 0.15) is 35.1 Å². The predicted octanol–water partition coefficient (Wildman–Crippen LogP) is 2.92. The summed E-state index contributed by atoms with van der Waals surface area (Å²) in [6, 6.07) is 9.12. The summed E-state index contributed by atoms with van der Waals surface area (Å²) in [6.07, 6.45) is -0.340. The Kier molecular flexibility index (Phi) is 3.57. The summed E-state index contributed by atoms with van der Waals surface area (Å²) in [5.74, 6) is -0.352. The quantitative estimate of drug-likeness (QED) is 0.692. The van der Waals surface area contributed by atoms with Crippen molar-refractivity contribution in [1.82, 2.24) is 0 Å². The van der Waals surface area contributed by atoms with Crippen LogP contribution in [-0.4, -0.2) is 21.1 Å². The van der Waals surface area contributed by atoms with Gasteiger partial charge in [0.1, 0.15) is 0 Å². The number of fused-ring (bicyclic) bond motifs is 2. The lowest BCUT2D eigenvalue weighted by Gasteiger charge is -2.30. The molecule has 2 aromatic carbocycles. The van der Waals surface area contributed by atoms with Gasteiger partial charge in [-0.1, -0.05) is 12.1 Å². The molecule has 2 aromatic rings. The molecule has 0 spiro atoms. The van der Waals surface area contributed by atoms with Crippen LogP contribution in [0, 0.1) is 20.2 Å². The molecule has 0 amide bonds. The highest BCUT2D eigenvalue weighted by molar-refractivity contribution is 5.55. The van der Waals surface area contributed by atoms with Gasteiger partial charge in [0.05, 0.1) is 16.0 Å². The first-order chi connectivity index (χ1) is 10.9. The van der Waals surface area contributed by atoms with Crippen LogP contribution in [0.3, 0.4) is 0 Å². The Morgan fingerprint density at radius 2 is 1.43 bits per heavy atom. The molecule has 23 heavy (non-hydrogen) atoms. The number of non-ortho nitro benzene ring substituents is 2. The van der Waals surface area contributed by atoms with Crippen LogP contribution in [0.4, 0.5) is 11.4 Å². The number of rotatable bonds is 3. The molecule has 0 fully saturated rings. The second-order valence-corrected chi connectivity index (χ2v) is 5.68. The van der Waals surface area contributed by atoms with Crippen molar-refractivity contribution < 1.29 is 15.0 Å². The topological polar surface area (TPSA) is 107 Å². The molecule has 0 saturated carbocycles. The minimum atomic E-state index is -0.712. The molecule has 1 aliphatic carbocycles. The van der Waals surface area contributed by atoms with Crippen molar-refractivity contribution in [2.75, 3.05) is 0 Å². The number of aliphatic hydroxyl groups excluding tert-OH is 1. The number of benzene rings is 2. The molecule has 7 heteroatoms. The molecule has 0 radical (unpaired) electrons. The SMILES string of the molecule is CC(O)C1c2ccc([N+](=O)[O-])cc2Cc2cc([N+](=O)[O-])ccc21. The van der Waals surface area contributed by atoms with E-state index >= 15 is 0 Å². The summed E-state index contributed by atoms with van der Waals surface area (Å²) in [5.41, 5.74) is 3.04. The zero-order chi connectivity index (χ0) is 16.7. The highest BCUT2D eigenvalue weighted by Gasteiger charge is 2.31. The van der Waals surface area contributed by atoms with Gasteiger partial charge in [-0.3, -0.25) is 20.2 Å². The molecule has 0 aliphatic heterocycles. The van der Waals surface area contributed by atoms with Crippen molar-refractivity contribution in [3.8, 4) is 0 Å². The zero-order valence-corrected chi connectivity index (χ0v) is 12.3. The van der Waals surface area contributed by atoms with Crippen LogP contribution in [0.25, 0.3) is 0 Å². The average molecular weight is 314 g/mol. The Morgan fingerprint density at radius 3 is 1.78 bits per heavy atom. The van der Waals surface area contributed by atoms with E-state index in [1.807, 2.05) is 0 Å². The second kappa shape index (κ2) is 5.44. The van der Waals surface area contributed by atoms with Crippen molar-refractivity contribution in [2.24, 2.45) is 0 Å². The van der Waals surface area contributed by atoms with Crippen molar-refractivity contribution in [2.45, 2.75) is 25.4 Å². The van der Waals surface area contributed by atoms with E-state index in [0.717, 1.165) is 22.3 Å². The number of nitro benzene ring substituents is 2. The molecule has 118 valence electrons. The Hall–Kier alpha value is -2.80. The largest absolute Gasteiger partial charge is 0.392 e. The fourth-order valence-electron chi connectivity index (χ4n) is 3.22. The van der Waals surface area contributed by atoms with Gasteiger partial charge in [-0.2, -0.15) is 0 Å². The van der Waals surface area contributed by atoms with E-state index in [4.69, 9.17) is 0 Å². The molecule has 1 N–H and O–H groups in total. The lowest BCUT2D eigenvalue weighted by atomic mass is 9.75. The zero-order valence-electron chi connectivity index (χ0n) is 12.3. The van der Waals surface area contributed by atoms with Gasteiger partial charge in [0.25, 0.3) is 11.4 Å². The Morgan fingerprint density at radius 1 is 1.00 bits per heavy atom. The summed E-state index contributed by atoms with van der Waals surface area (Å²) in [5, 5.41) is 32.1. The maximum absolute atomic E-state index is 11.0. The lowest BCUT2D eigenvalue weighted by molar-refractivity contribution is -0.385. The van der Waals surface area contributed by atoms with E-state index in [0.29, 0.717) is 6.42 Å². The number of hydrogen-bond donors (Lipinski definition) is 1. The summed E-state index contributed by atoms with van der Waals surface area (Å²) >= 11 is 0. The first-order valence-electron chi connectivity index (χ1n) is 7.11. The minimum Gasteiger partial charge on any atom is -0.392 e. The summed E-state index contributed by atoms with van der Waals surface area (Å²) in [4.78, 5) is 21.0. The van der Waals surface area contributed by atoms with E-state index in [-0.39, 0.29) is 17.3 Å². The van der Waals surface area contributed by atoms with E-state index in [2.05, 4.69) is 0 Å². The summed E-state index contributed by atoms with van der Waals surface area (Å²) < 4.78 is 0. The molecule has 7 nitrogen and oxygen atoms in total. The van der Waals surface area contributed by atoms with Crippen molar-refractivity contribution >= 4 is 11.4 Å². The van der Waals surface area contributed by atoms with Crippen LogP contribution < -0.4 is 0 Å². The monoisotopic (exact) mass is 314 g/mol. The van der Waals surface area contributed by atoms with Gasteiger partial charge < -0.3 is 5.11 Å². The first kappa shape index (κ1) is 15.1. The number of nitrogens with zero attached hydrogens (tertiary/aromatic N) is 2. The summed E-state index contributed by atoms with van der Waals surface area (Å²) in [7, 11) is 0. The smallest absolute Gasteiger partial charge is 0.269 e. The van der Waals surface area contributed by atoms with E-state index in [1.54, 1.807) is 19.1 Å². The van der Waals surface area contributed by atoms with Crippen LogP contribution in [0.2, 0.25) is 0 Å².